The summed E-state index contributed by atoms with van der Waals surface area (Å²) in [6, 6.07) is 11.2. The molecule has 3 N–H and O–H groups in total. The summed E-state index contributed by atoms with van der Waals surface area (Å²) in [5.74, 6) is -0.0183. The highest BCUT2D eigenvalue weighted by atomic mass is 32.2. The Morgan fingerprint density at radius 2 is 1.63 bits per heavy atom. The van der Waals surface area contributed by atoms with E-state index < -0.39 is 9.84 Å². The third-order valence-corrected chi connectivity index (χ3v) is 8.15. The van der Waals surface area contributed by atoms with E-state index in [4.69, 9.17) is 0 Å². The molecule has 2 aromatic carbocycles. The number of aryl methyl sites for hydroxylation is 1. The van der Waals surface area contributed by atoms with Crippen LogP contribution in [0.2, 0.25) is 0 Å². The smallest absolute Gasteiger partial charge is 0.175 e. The molecule has 0 aliphatic heterocycles. The number of rotatable bonds is 14. The van der Waals surface area contributed by atoms with Gasteiger partial charge in [0.25, 0.3) is 0 Å². The standard InChI is InChI=1S/C28H42N2O4S/c1-3-17-30(25-11-10-23-20-27(31)28(32)21-24(23)19-25)18-7-5-4-6-15-29-16-14-22-8-12-26(13-9-22)35(2,33)34/h8-9,12-13,20-21,25,29,31-32H,3-7,10-11,14-19H2,1-2H3. The van der Waals surface area contributed by atoms with E-state index in [0.29, 0.717) is 10.9 Å². The van der Waals surface area contributed by atoms with E-state index in [1.807, 2.05) is 12.1 Å². The first-order chi connectivity index (χ1) is 16.8. The summed E-state index contributed by atoms with van der Waals surface area (Å²) in [5.41, 5.74) is 3.50. The minimum absolute atomic E-state index is 0.00892. The Morgan fingerprint density at radius 3 is 2.31 bits per heavy atom. The highest BCUT2D eigenvalue weighted by Gasteiger charge is 2.24. The largest absolute Gasteiger partial charge is 0.504 e. The monoisotopic (exact) mass is 502 g/mol. The summed E-state index contributed by atoms with van der Waals surface area (Å²) in [6.07, 6.45) is 11.1. The molecule has 0 saturated heterocycles. The second-order valence-electron chi connectivity index (χ2n) is 9.87. The zero-order chi connectivity index (χ0) is 25.3. The van der Waals surface area contributed by atoms with Crippen molar-refractivity contribution >= 4 is 9.84 Å². The number of hydrogen-bond donors (Lipinski definition) is 3. The molecule has 0 spiro atoms. The van der Waals surface area contributed by atoms with Crippen LogP contribution in [0.25, 0.3) is 0 Å². The van der Waals surface area contributed by atoms with Gasteiger partial charge in [0.1, 0.15) is 0 Å². The summed E-state index contributed by atoms with van der Waals surface area (Å²) in [5, 5.41) is 23.2. The molecule has 0 radical (unpaired) electrons. The summed E-state index contributed by atoms with van der Waals surface area (Å²) in [7, 11) is -3.13. The van der Waals surface area contributed by atoms with Gasteiger partial charge in [-0.15, -0.1) is 0 Å². The van der Waals surface area contributed by atoms with Gasteiger partial charge in [0, 0.05) is 12.3 Å². The quantitative estimate of drug-likeness (QED) is 0.261. The molecule has 0 heterocycles. The van der Waals surface area contributed by atoms with Gasteiger partial charge >= 0.3 is 0 Å². The minimum atomic E-state index is -3.13. The van der Waals surface area contributed by atoms with Crippen molar-refractivity contribution in [2.75, 3.05) is 32.4 Å². The highest BCUT2D eigenvalue weighted by molar-refractivity contribution is 7.90. The number of fused-ring (bicyclic) bond motifs is 1. The fraction of sp³-hybridized carbons (Fsp3) is 0.571. The minimum Gasteiger partial charge on any atom is -0.504 e. The highest BCUT2D eigenvalue weighted by Crippen LogP contribution is 2.33. The van der Waals surface area contributed by atoms with Crippen LogP contribution < -0.4 is 5.32 Å². The van der Waals surface area contributed by atoms with Crippen LogP contribution in [0.5, 0.6) is 11.5 Å². The lowest BCUT2D eigenvalue weighted by Gasteiger charge is -2.35. The Kier molecular flexibility index (Phi) is 10.4. The van der Waals surface area contributed by atoms with Gasteiger partial charge in [-0.3, -0.25) is 0 Å². The maximum absolute atomic E-state index is 11.5. The average Bonchev–Trinajstić information content (AvgIpc) is 2.82. The normalized spacial score (nSPS) is 15.9. The summed E-state index contributed by atoms with van der Waals surface area (Å²) >= 11 is 0. The molecule has 1 aliphatic rings. The molecule has 0 aromatic heterocycles. The van der Waals surface area contributed by atoms with Crippen LogP contribution in [0.15, 0.2) is 41.3 Å². The van der Waals surface area contributed by atoms with Gasteiger partial charge in [-0.05, 0) is 112 Å². The van der Waals surface area contributed by atoms with Crippen molar-refractivity contribution in [1.82, 2.24) is 10.2 Å². The number of phenols is 2. The molecule has 0 fully saturated rings. The van der Waals surface area contributed by atoms with Gasteiger partial charge in [-0.25, -0.2) is 8.42 Å². The van der Waals surface area contributed by atoms with Crippen LogP contribution in [0.1, 0.15) is 62.1 Å². The van der Waals surface area contributed by atoms with Crippen LogP contribution >= 0.6 is 0 Å². The molecule has 1 atom stereocenters. The fourth-order valence-corrected chi connectivity index (χ4v) is 5.65. The Morgan fingerprint density at radius 1 is 0.943 bits per heavy atom. The van der Waals surface area contributed by atoms with Crippen molar-refractivity contribution < 1.29 is 18.6 Å². The number of nitrogens with zero attached hydrogens (tertiary/aromatic N) is 1. The van der Waals surface area contributed by atoms with Gasteiger partial charge in [0.2, 0.25) is 0 Å². The Hall–Kier alpha value is -2.09. The molecule has 35 heavy (non-hydrogen) atoms. The van der Waals surface area contributed by atoms with Crippen LogP contribution in [0.4, 0.5) is 0 Å². The zero-order valence-electron chi connectivity index (χ0n) is 21.3. The first-order valence-corrected chi connectivity index (χ1v) is 14.9. The van der Waals surface area contributed by atoms with E-state index >= 15 is 0 Å². The van der Waals surface area contributed by atoms with Crippen molar-refractivity contribution in [2.45, 2.75) is 75.6 Å². The topological polar surface area (TPSA) is 89.9 Å². The van der Waals surface area contributed by atoms with Crippen molar-refractivity contribution in [3.8, 4) is 11.5 Å². The van der Waals surface area contributed by atoms with Crippen molar-refractivity contribution in [3.05, 3.63) is 53.1 Å². The second-order valence-corrected chi connectivity index (χ2v) is 11.9. The van der Waals surface area contributed by atoms with E-state index in [0.717, 1.165) is 63.8 Å². The van der Waals surface area contributed by atoms with E-state index in [9.17, 15) is 18.6 Å². The van der Waals surface area contributed by atoms with Gasteiger partial charge in [0.15, 0.2) is 21.3 Å². The Balaban J connectivity index is 1.29. The van der Waals surface area contributed by atoms with Crippen LogP contribution in [0.3, 0.4) is 0 Å². The maximum atomic E-state index is 11.5. The molecular formula is C28H42N2O4S. The van der Waals surface area contributed by atoms with Crippen LogP contribution in [0, 0.1) is 0 Å². The molecule has 0 bridgehead atoms. The van der Waals surface area contributed by atoms with E-state index in [1.165, 1.54) is 43.1 Å². The van der Waals surface area contributed by atoms with Gasteiger partial charge in [-0.1, -0.05) is 31.9 Å². The van der Waals surface area contributed by atoms with Crippen LogP contribution in [-0.4, -0.2) is 62.0 Å². The predicted octanol–water partition coefficient (Wildman–Crippen LogP) is 4.46. The Labute approximate surface area is 211 Å². The third-order valence-electron chi connectivity index (χ3n) is 7.02. The van der Waals surface area contributed by atoms with E-state index in [2.05, 4.69) is 17.1 Å². The molecule has 194 valence electrons. The molecule has 7 heteroatoms. The molecule has 1 unspecified atom stereocenters. The number of unbranched alkanes of at least 4 members (excludes halogenated alkanes) is 3. The number of benzene rings is 2. The summed E-state index contributed by atoms with van der Waals surface area (Å²) < 4.78 is 23.1. The van der Waals surface area contributed by atoms with E-state index in [-0.39, 0.29) is 11.5 Å². The molecule has 1 aliphatic carbocycles. The summed E-state index contributed by atoms with van der Waals surface area (Å²) in [4.78, 5) is 3.00. The van der Waals surface area contributed by atoms with Gasteiger partial charge in [0.05, 0.1) is 4.90 Å². The van der Waals surface area contributed by atoms with Gasteiger partial charge in [-0.2, -0.15) is 0 Å². The van der Waals surface area contributed by atoms with Crippen molar-refractivity contribution in [3.63, 3.8) is 0 Å². The second kappa shape index (κ2) is 13.3. The first kappa shape index (κ1) is 27.5. The number of nitrogens with one attached hydrogen (secondary N) is 1. The number of phenolic OH excluding ortho intramolecular Hbond substituents is 2. The zero-order valence-corrected chi connectivity index (χ0v) is 22.1. The van der Waals surface area contributed by atoms with Crippen molar-refractivity contribution in [2.24, 2.45) is 0 Å². The SMILES string of the molecule is CCCN(CCCCCCNCCc1ccc(S(C)(=O)=O)cc1)C1CCc2cc(O)c(O)cc2C1. The lowest BCUT2D eigenvalue weighted by Crippen LogP contribution is -2.40. The molecule has 0 saturated carbocycles. The predicted molar refractivity (Wildman–Crippen MR) is 142 cm³/mol. The maximum Gasteiger partial charge on any atom is 0.175 e. The molecule has 0 amide bonds. The molecule has 2 aromatic rings. The fourth-order valence-electron chi connectivity index (χ4n) is 5.02. The molecule has 6 nitrogen and oxygen atoms in total. The molecular weight excluding hydrogens is 460 g/mol. The van der Waals surface area contributed by atoms with Gasteiger partial charge < -0.3 is 20.4 Å². The van der Waals surface area contributed by atoms with E-state index in [1.54, 1.807) is 24.3 Å². The third kappa shape index (κ3) is 8.51. The lowest BCUT2D eigenvalue weighted by molar-refractivity contribution is 0.176. The van der Waals surface area contributed by atoms with Crippen molar-refractivity contribution in [1.29, 1.82) is 0 Å². The Bertz CT molecular complexity index is 1040. The number of aromatic hydroxyl groups is 2. The summed E-state index contributed by atoms with van der Waals surface area (Å²) in [6.45, 7) is 6.37. The first-order valence-electron chi connectivity index (χ1n) is 13.1. The lowest BCUT2D eigenvalue weighted by atomic mass is 9.87. The van der Waals surface area contributed by atoms with Crippen LogP contribution in [-0.2, 0) is 29.1 Å². The average molecular weight is 503 g/mol. The number of hydrogen-bond acceptors (Lipinski definition) is 6. The number of sulfone groups is 1. The molecule has 3 rings (SSSR count).